The SMILES string of the molecule is COC(=O)N[C@@H](C(=O)N1CCC[C@H]1c1ncc(-c2ccc(C#Cc3ccc(-c4cnc([C@@H]5CCCN5C(=O)[C@H](NC(=O)OC)c5ccccc5)[nH]4)cc3C(=O)OC)cc2)[nH]1)c1ccccc1. The zero-order valence-corrected chi connectivity index (χ0v) is 36.6. The van der Waals surface area contributed by atoms with E-state index in [0.717, 1.165) is 24.1 Å². The van der Waals surface area contributed by atoms with Crippen molar-refractivity contribution >= 4 is 30.0 Å². The maximum atomic E-state index is 14.0. The van der Waals surface area contributed by atoms with Crippen molar-refractivity contribution in [2.24, 2.45) is 0 Å². The normalized spacial score (nSPS) is 16.3. The van der Waals surface area contributed by atoms with Crippen LogP contribution in [-0.2, 0) is 23.8 Å². The van der Waals surface area contributed by atoms with Crippen LogP contribution in [0, 0.1) is 11.8 Å². The van der Waals surface area contributed by atoms with Gasteiger partial charge in [-0.25, -0.2) is 24.4 Å². The van der Waals surface area contributed by atoms with Gasteiger partial charge in [0, 0.05) is 29.8 Å². The van der Waals surface area contributed by atoms with E-state index in [2.05, 4.69) is 42.4 Å². The van der Waals surface area contributed by atoms with Crippen molar-refractivity contribution < 1.29 is 38.2 Å². The minimum atomic E-state index is -0.944. The quantitative estimate of drug-likeness (QED) is 0.0587. The first-order valence-electron chi connectivity index (χ1n) is 21.5. The molecule has 0 unspecified atom stereocenters. The van der Waals surface area contributed by atoms with Crippen LogP contribution in [0.2, 0.25) is 0 Å². The average Bonchev–Trinajstić information content (AvgIpc) is 4.22. The predicted molar refractivity (Wildman–Crippen MR) is 242 cm³/mol. The topological polar surface area (TPSA) is 201 Å². The van der Waals surface area contributed by atoms with Gasteiger partial charge in [0.15, 0.2) is 0 Å². The third-order valence-corrected chi connectivity index (χ3v) is 11.8. The summed E-state index contributed by atoms with van der Waals surface area (Å²) < 4.78 is 14.8. The predicted octanol–water partition coefficient (Wildman–Crippen LogP) is 7.17. The molecule has 0 aliphatic carbocycles. The Morgan fingerprint density at radius 3 is 1.59 bits per heavy atom. The van der Waals surface area contributed by atoms with Gasteiger partial charge in [0.2, 0.25) is 0 Å². The first-order chi connectivity index (χ1) is 32.1. The van der Waals surface area contributed by atoms with E-state index in [1.807, 2.05) is 54.6 Å². The first kappa shape index (κ1) is 44.4. The Kier molecular flexibility index (Phi) is 13.5. The minimum absolute atomic E-state index is 0.248. The second kappa shape index (κ2) is 20.1. The summed E-state index contributed by atoms with van der Waals surface area (Å²) in [5.74, 6) is 6.44. The number of benzene rings is 4. The van der Waals surface area contributed by atoms with E-state index in [-0.39, 0.29) is 29.5 Å². The Bertz CT molecular complexity index is 2780. The monoisotopic (exact) mass is 888 g/mol. The molecule has 16 nitrogen and oxygen atoms in total. The van der Waals surface area contributed by atoms with E-state index in [1.54, 1.807) is 70.7 Å². The van der Waals surface area contributed by atoms with Gasteiger partial charge >= 0.3 is 18.2 Å². The Balaban J connectivity index is 0.961. The van der Waals surface area contributed by atoms with Crippen molar-refractivity contribution in [3.63, 3.8) is 0 Å². The van der Waals surface area contributed by atoms with Gasteiger partial charge in [0.1, 0.15) is 23.7 Å². The summed E-state index contributed by atoms with van der Waals surface area (Å²) in [4.78, 5) is 85.1. The fourth-order valence-corrected chi connectivity index (χ4v) is 8.46. The molecule has 0 bridgehead atoms. The number of hydrogen-bond donors (Lipinski definition) is 4. The number of amides is 4. The lowest BCUT2D eigenvalue weighted by atomic mass is 10.0. The van der Waals surface area contributed by atoms with E-state index in [1.165, 1.54) is 21.3 Å². The minimum Gasteiger partial charge on any atom is -0.465 e. The number of aromatic amines is 2. The number of rotatable bonds is 11. The molecular formula is C50H48N8O8. The smallest absolute Gasteiger partial charge is 0.407 e. The summed E-state index contributed by atoms with van der Waals surface area (Å²) in [6, 6.07) is 28.4. The van der Waals surface area contributed by atoms with Gasteiger partial charge in [-0.1, -0.05) is 90.7 Å². The number of imidazole rings is 2. The van der Waals surface area contributed by atoms with Gasteiger partial charge < -0.3 is 44.6 Å². The highest BCUT2D eigenvalue weighted by atomic mass is 16.5. The van der Waals surface area contributed by atoms with Gasteiger partial charge in [-0.15, -0.1) is 0 Å². The van der Waals surface area contributed by atoms with Crippen LogP contribution in [0.15, 0.2) is 116 Å². The number of H-pyrrole nitrogens is 2. The molecule has 2 saturated heterocycles. The van der Waals surface area contributed by atoms with Crippen LogP contribution in [0.4, 0.5) is 9.59 Å². The van der Waals surface area contributed by atoms with Crippen molar-refractivity contribution in [1.82, 2.24) is 40.4 Å². The fourth-order valence-electron chi connectivity index (χ4n) is 8.46. The molecular weight excluding hydrogens is 841 g/mol. The van der Waals surface area contributed by atoms with E-state index < -0.39 is 30.2 Å². The van der Waals surface area contributed by atoms with Crippen LogP contribution < -0.4 is 10.6 Å². The fraction of sp³-hybridized carbons (Fsp3) is 0.260. The highest BCUT2D eigenvalue weighted by molar-refractivity contribution is 5.94. The van der Waals surface area contributed by atoms with Crippen LogP contribution in [0.1, 0.15) is 94.1 Å². The highest BCUT2D eigenvalue weighted by Crippen LogP contribution is 2.36. The second-order valence-electron chi connectivity index (χ2n) is 15.8. The molecule has 16 heteroatoms. The lowest BCUT2D eigenvalue weighted by Crippen LogP contribution is -2.42. The number of methoxy groups -OCH3 is 3. The van der Waals surface area contributed by atoms with Crippen molar-refractivity contribution in [2.75, 3.05) is 34.4 Å². The number of alkyl carbamates (subject to hydrolysis) is 2. The summed E-state index contributed by atoms with van der Waals surface area (Å²) >= 11 is 0. The Morgan fingerprint density at radius 1 is 0.621 bits per heavy atom. The van der Waals surface area contributed by atoms with E-state index in [0.29, 0.717) is 71.1 Å². The van der Waals surface area contributed by atoms with Gasteiger partial charge in [-0.3, -0.25) is 9.59 Å². The third-order valence-electron chi connectivity index (χ3n) is 11.8. The number of hydrogen-bond acceptors (Lipinski definition) is 10. The molecule has 4 heterocycles. The molecule has 4 atom stereocenters. The van der Waals surface area contributed by atoms with Crippen LogP contribution >= 0.6 is 0 Å². The Hall–Kier alpha value is -8.19. The number of nitrogens with one attached hydrogen (secondary N) is 4. The number of nitrogens with zero attached hydrogens (tertiary/aromatic N) is 4. The van der Waals surface area contributed by atoms with Crippen LogP contribution in [-0.4, -0.2) is 94.1 Å². The lowest BCUT2D eigenvalue weighted by Gasteiger charge is -2.28. The summed E-state index contributed by atoms with van der Waals surface area (Å²) in [6.07, 6.45) is 4.90. The van der Waals surface area contributed by atoms with E-state index in [4.69, 9.17) is 14.2 Å². The van der Waals surface area contributed by atoms with Crippen LogP contribution in [0.3, 0.4) is 0 Å². The zero-order chi connectivity index (χ0) is 46.2. The third kappa shape index (κ3) is 9.65. The Labute approximate surface area is 381 Å². The van der Waals surface area contributed by atoms with Crippen molar-refractivity contribution in [1.29, 1.82) is 0 Å². The summed E-state index contributed by atoms with van der Waals surface area (Å²) in [7, 11) is 3.83. The number of ether oxygens (including phenoxy) is 3. The number of likely N-dealkylation sites (tertiary alicyclic amines) is 2. The maximum absolute atomic E-state index is 14.0. The highest BCUT2D eigenvalue weighted by Gasteiger charge is 2.38. The zero-order valence-electron chi connectivity index (χ0n) is 36.6. The van der Waals surface area contributed by atoms with Crippen molar-refractivity contribution in [3.8, 4) is 34.4 Å². The van der Waals surface area contributed by atoms with Crippen molar-refractivity contribution in [3.05, 3.63) is 155 Å². The lowest BCUT2D eigenvalue weighted by molar-refractivity contribution is -0.135. The number of aromatic nitrogens is 4. The van der Waals surface area contributed by atoms with Gasteiger partial charge in [0.25, 0.3) is 11.8 Å². The first-order valence-corrected chi connectivity index (χ1v) is 21.5. The standard InChI is InChI=1S/C50H48N8O8/c1-64-48(61)37-28-36(39-30-52-45(54-39)41-17-11-27-58(41)47(60)43(56-50(63)66-3)35-14-8-5-9-15-35)25-24-32(37)21-18-31-19-22-33(23-20-31)38-29-51-44(53-38)40-16-10-26-57(40)46(59)42(55-49(62)65-2)34-12-6-4-7-13-34/h4-9,12-15,19-20,22-25,28-30,40-43H,10-11,16-17,26-27H2,1-3H3,(H,51,53)(H,52,54)(H,55,62)(H,56,63)/t40-,41-,42+,43+/m0/s1. The average molecular weight is 889 g/mol. The number of carbonyl (C=O) groups excluding carboxylic acids is 5. The van der Waals surface area contributed by atoms with Gasteiger partial charge in [-0.05, 0) is 66.6 Å². The molecule has 0 saturated carbocycles. The van der Waals surface area contributed by atoms with Crippen molar-refractivity contribution in [2.45, 2.75) is 49.9 Å². The summed E-state index contributed by atoms with van der Waals surface area (Å²) in [6.45, 7) is 1.000. The number of esters is 1. The second-order valence-corrected chi connectivity index (χ2v) is 15.8. The molecule has 4 N–H and O–H groups in total. The molecule has 4 amide bonds. The molecule has 8 rings (SSSR count). The molecule has 0 spiro atoms. The molecule has 2 aliphatic rings. The van der Waals surface area contributed by atoms with Crippen LogP contribution in [0.5, 0.6) is 0 Å². The largest absolute Gasteiger partial charge is 0.465 e. The van der Waals surface area contributed by atoms with Gasteiger partial charge in [-0.2, -0.15) is 0 Å². The molecule has 6 aromatic rings. The molecule has 66 heavy (non-hydrogen) atoms. The molecule has 4 aromatic carbocycles. The maximum Gasteiger partial charge on any atom is 0.407 e. The summed E-state index contributed by atoms with van der Waals surface area (Å²) in [5.41, 5.74) is 5.67. The molecule has 0 radical (unpaired) electrons. The summed E-state index contributed by atoms with van der Waals surface area (Å²) in [5, 5.41) is 5.38. The number of carbonyl (C=O) groups is 5. The molecule has 336 valence electrons. The molecule has 2 aromatic heterocycles. The van der Waals surface area contributed by atoms with E-state index in [9.17, 15) is 24.0 Å². The van der Waals surface area contributed by atoms with Crippen LogP contribution in [0.25, 0.3) is 22.5 Å². The van der Waals surface area contributed by atoms with E-state index >= 15 is 0 Å². The molecule has 2 fully saturated rings. The Morgan fingerprint density at radius 2 is 1.11 bits per heavy atom. The van der Waals surface area contributed by atoms with Gasteiger partial charge in [0.05, 0.1) is 62.8 Å². The molecule has 2 aliphatic heterocycles.